The zero-order valence-electron chi connectivity index (χ0n) is 10.5. The van der Waals surface area contributed by atoms with Crippen molar-refractivity contribution in [2.75, 3.05) is 13.1 Å². The zero-order valence-corrected chi connectivity index (χ0v) is 10.5. The fraction of sp³-hybridized carbons (Fsp3) is 0.917. The van der Waals surface area contributed by atoms with Crippen LogP contribution < -0.4 is 5.32 Å². The molecule has 0 aromatic carbocycles. The lowest BCUT2D eigenvalue weighted by atomic mass is 9.76. The van der Waals surface area contributed by atoms with E-state index in [-0.39, 0.29) is 5.54 Å². The van der Waals surface area contributed by atoms with Gasteiger partial charge in [-0.3, -0.25) is 5.32 Å². The van der Waals surface area contributed by atoms with Crippen molar-refractivity contribution in [3.8, 4) is 6.07 Å². The summed E-state index contributed by atoms with van der Waals surface area (Å²) in [4.78, 5) is 2.71. The number of nitrogens with zero attached hydrogens (tertiary/aromatic N) is 4. The van der Waals surface area contributed by atoms with Crippen molar-refractivity contribution in [1.29, 1.82) is 5.26 Å². The molecule has 0 spiro atoms. The molecule has 0 aromatic rings. The molecule has 0 aromatic heterocycles. The van der Waals surface area contributed by atoms with E-state index in [2.05, 4.69) is 28.3 Å². The largest absolute Gasteiger partial charge is 0.299 e. The van der Waals surface area contributed by atoms with Crippen molar-refractivity contribution in [3.63, 3.8) is 0 Å². The summed E-state index contributed by atoms with van der Waals surface area (Å²) in [6.07, 6.45) is 6.21. The van der Waals surface area contributed by atoms with E-state index in [0.29, 0.717) is 6.54 Å². The predicted octanol–water partition coefficient (Wildman–Crippen LogP) is 3.14. The van der Waals surface area contributed by atoms with Crippen LogP contribution >= 0.6 is 0 Å². The monoisotopic (exact) mass is 235 g/mol. The number of hydrogen-bond donors (Lipinski definition) is 1. The van der Waals surface area contributed by atoms with Crippen molar-refractivity contribution in [2.45, 2.75) is 51.0 Å². The standard InChI is InChI=1S/C12H21N5/c1-2-11-4-6-12(10-13,7-5-11)15-8-3-9-16-17-14/h11,15H,2-9H2,1H3. The summed E-state index contributed by atoms with van der Waals surface area (Å²) in [7, 11) is 0. The molecule has 0 atom stereocenters. The van der Waals surface area contributed by atoms with Crippen LogP contribution in [0.25, 0.3) is 10.4 Å². The fourth-order valence-corrected chi connectivity index (χ4v) is 2.43. The van der Waals surface area contributed by atoms with Crippen LogP contribution in [0.2, 0.25) is 0 Å². The van der Waals surface area contributed by atoms with Gasteiger partial charge in [0.2, 0.25) is 0 Å². The van der Waals surface area contributed by atoms with E-state index in [9.17, 15) is 5.26 Å². The summed E-state index contributed by atoms with van der Waals surface area (Å²) in [6.45, 7) is 3.48. The molecule has 0 saturated heterocycles. The Morgan fingerprint density at radius 2 is 2.24 bits per heavy atom. The molecule has 1 rings (SSSR count). The van der Waals surface area contributed by atoms with E-state index < -0.39 is 0 Å². The Morgan fingerprint density at radius 3 is 2.76 bits per heavy atom. The maximum absolute atomic E-state index is 9.31. The van der Waals surface area contributed by atoms with Crippen LogP contribution in [-0.4, -0.2) is 18.6 Å². The van der Waals surface area contributed by atoms with Gasteiger partial charge in [0.1, 0.15) is 5.54 Å². The van der Waals surface area contributed by atoms with E-state index in [1.165, 1.54) is 6.42 Å². The summed E-state index contributed by atoms with van der Waals surface area (Å²) >= 11 is 0. The summed E-state index contributed by atoms with van der Waals surface area (Å²) in [6, 6.07) is 2.44. The van der Waals surface area contributed by atoms with Gasteiger partial charge in [-0.25, -0.2) is 0 Å². The number of azide groups is 1. The summed E-state index contributed by atoms with van der Waals surface area (Å²) in [5, 5.41) is 16.1. The fourth-order valence-electron chi connectivity index (χ4n) is 2.43. The van der Waals surface area contributed by atoms with Gasteiger partial charge in [-0.1, -0.05) is 18.5 Å². The first kappa shape index (κ1) is 13.8. The molecule has 5 nitrogen and oxygen atoms in total. The SMILES string of the molecule is CCC1CCC(C#N)(NCCCN=[N+]=[N-])CC1. The lowest BCUT2D eigenvalue weighted by molar-refractivity contribution is 0.234. The second-order valence-corrected chi connectivity index (χ2v) is 4.78. The minimum Gasteiger partial charge on any atom is -0.299 e. The quantitative estimate of drug-likeness (QED) is 0.332. The van der Waals surface area contributed by atoms with Crippen molar-refractivity contribution < 1.29 is 0 Å². The van der Waals surface area contributed by atoms with Crippen molar-refractivity contribution in [1.82, 2.24) is 5.32 Å². The van der Waals surface area contributed by atoms with E-state index in [1.807, 2.05) is 0 Å². The summed E-state index contributed by atoms with van der Waals surface area (Å²) in [5.41, 5.74) is 7.82. The van der Waals surface area contributed by atoms with E-state index in [4.69, 9.17) is 5.53 Å². The third-order valence-corrected chi connectivity index (χ3v) is 3.71. The normalized spacial score (nSPS) is 28.1. The zero-order chi connectivity index (χ0) is 12.6. The van der Waals surface area contributed by atoms with Crippen LogP contribution in [0.5, 0.6) is 0 Å². The molecular formula is C12H21N5. The summed E-state index contributed by atoms with van der Waals surface area (Å²) in [5.74, 6) is 0.793. The van der Waals surface area contributed by atoms with Crippen LogP contribution in [0.15, 0.2) is 5.11 Å². The first-order chi connectivity index (χ1) is 8.26. The van der Waals surface area contributed by atoms with Crippen molar-refractivity contribution in [3.05, 3.63) is 10.4 Å². The van der Waals surface area contributed by atoms with Crippen LogP contribution in [0.3, 0.4) is 0 Å². The maximum atomic E-state index is 9.31. The molecule has 0 heterocycles. The maximum Gasteiger partial charge on any atom is 0.106 e. The van der Waals surface area contributed by atoms with Crippen molar-refractivity contribution >= 4 is 0 Å². The minimum atomic E-state index is -0.331. The number of hydrogen-bond acceptors (Lipinski definition) is 3. The minimum absolute atomic E-state index is 0.331. The Hall–Kier alpha value is -1.24. The Bertz CT molecular complexity index is 305. The molecule has 1 aliphatic carbocycles. The highest BCUT2D eigenvalue weighted by Crippen LogP contribution is 2.33. The molecule has 5 heteroatoms. The van der Waals surface area contributed by atoms with Gasteiger partial charge in [0, 0.05) is 11.5 Å². The molecule has 0 aliphatic heterocycles. The number of rotatable bonds is 6. The highest BCUT2D eigenvalue weighted by atomic mass is 15.1. The molecule has 0 radical (unpaired) electrons. The third kappa shape index (κ3) is 4.26. The molecular weight excluding hydrogens is 214 g/mol. The average Bonchev–Trinajstić information content (AvgIpc) is 2.39. The van der Waals surface area contributed by atoms with Gasteiger partial charge >= 0.3 is 0 Å². The molecule has 1 saturated carbocycles. The Morgan fingerprint density at radius 1 is 1.53 bits per heavy atom. The van der Waals surface area contributed by atoms with E-state index >= 15 is 0 Å². The predicted molar refractivity (Wildman–Crippen MR) is 67.2 cm³/mol. The van der Waals surface area contributed by atoms with Crippen LogP contribution in [0.1, 0.15) is 45.4 Å². The molecule has 0 amide bonds. The number of nitrogens with one attached hydrogen (secondary N) is 1. The molecule has 1 aliphatic rings. The molecule has 1 fully saturated rings. The Balaban J connectivity index is 2.33. The number of nitriles is 1. The highest BCUT2D eigenvalue weighted by molar-refractivity contribution is 5.09. The molecule has 0 bridgehead atoms. The van der Waals surface area contributed by atoms with Gasteiger partial charge in [0.05, 0.1) is 6.07 Å². The van der Waals surface area contributed by atoms with Gasteiger partial charge in [0.15, 0.2) is 0 Å². The lowest BCUT2D eigenvalue weighted by Gasteiger charge is -2.35. The van der Waals surface area contributed by atoms with E-state index in [1.54, 1.807) is 0 Å². The molecule has 0 unspecified atom stereocenters. The van der Waals surface area contributed by atoms with Gasteiger partial charge in [-0.05, 0) is 50.1 Å². The van der Waals surface area contributed by atoms with E-state index in [0.717, 1.165) is 44.6 Å². The first-order valence-electron chi connectivity index (χ1n) is 6.43. The summed E-state index contributed by atoms with van der Waals surface area (Å²) < 4.78 is 0. The van der Waals surface area contributed by atoms with Crippen LogP contribution in [0.4, 0.5) is 0 Å². The van der Waals surface area contributed by atoms with Gasteiger partial charge < -0.3 is 0 Å². The molecule has 1 N–H and O–H groups in total. The highest BCUT2D eigenvalue weighted by Gasteiger charge is 2.34. The first-order valence-corrected chi connectivity index (χ1v) is 6.43. The second-order valence-electron chi connectivity index (χ2n) is 4.78. The lowest BCUT2D eigenvalue weighted by Crippen LogP contribution is -2.47. The van der Waals surface area contributed by atoms with Crippen LogP contribution in [-0.2, 0) is 0 Å². The molecule has 94 valence electrons. The molecule has 17 heavy (non-hydrogen) atoms. The van der Waals surface area contributed by atoms with Gasteiger partial charge in [0.25, 0.3) is 0 Å². The average molecular weight is 235 g/mol. The van der Waals surface area contributed by atoms with Gasteiger partial charge in [-0.2, -0.15) is 5.26 Å². The third-order valence-electron chi connectivity index (χ3n) is 3.71. The van der Waals surface area contributed by atoms with Gasteiger partial charge in [-0.15, -0.1) is 0 Å². The van der Waals surface area contributed by atoms with Crippen molar-refractivity contribution in [2.24, 2.45) is 11.0 Å². The smallest absolute Gasteiger partial charge is 0.106 e. The second kappa shape index (κ2) is 7.16. The topological polar surface area (TPSA) is 84.6 Å². The Kier molecular flexibility index (Phi) is 5.82. The Labute approximate surface area is 103 Å². The van der Waals surface area contributed by atoms with Crippen LogP contribution in [0, 0.1) is 17.2 Å².